The van der Waals surface area contributed by atoms with E-state index >= 15 is 0 Å². The van der Waals surface area contributed by atoms with Gasteiger partial charge in [-0.3, -0.25) is 4.98 Å². The zero-order valence-corrected chi connectivity index (χ0v) is 18.9. The van der Waals surface area contributed by atoms with Gasteiger partial charge < -0.3 is 4.42 Å². The van der Waals surface area contributed by atoms with E-state index in [-0.39, 0.29) is 0 Å². The fraction of sp³-hybridized carbons (Fsp3) is 0.148. The lowest BCUT2D eigenvalue weighted by Crippen LogP contribution is -2.37. The van der Waals surface area contributed by atoms with E-state index in [0.29, 0.717) is 0 Å². The second-order valence-corrected chi connectivity index (χ2v) is 14.1. The van der Waals surface area contributed by atoms with Crippen LogP contribution in [0, 0.1) is 6.92 Å². The molecule has 5 aromatic rings. The van der Waals surface area contributed by atoms with Crippen LogP contribution < -0.4 is 5.19 Å². The van der Waals surface area contributed by atoms with Gasteiger partial charge in [0.2, 0.25) is 0 Å². The molecule has 0 saturated heterocycles. The first-order valence-electron chi connectivity index (χ1n) is 10.4. The monoisotopic (exact) mass is 407 g/mol. The lowest BCUT2D eigenvalue weighted by atomic mass is 10.0. The van der Waals surface area contributed by atoms with Crippen LogP contribution in [0.15, 0.2) is 83.4 Å². The van der Waals surface area contributed by atoms with E-state index in [9.17, 15) is 0 Å². The van der Waals surface area contributed by atoms with Crippen molar-refractivity contribution in [2.24, 2.45) is 0 Å². The number of furan rings is 1. The Labute approximate surface area is 178 Å². The first kappa shape index (κ1) is 18.8. The summed E-state index contributed by atoms with van der Waals surface area (Å²) in [5.41, 5.74) is 7.39. The summed E-state index contributed by atoms with van der Waals surface area (Å²) < 4.78 is 6.38. The average molecular weight is 408 g/mol. The summed E-state index contributed by atoms with van der Waals surface area (Å²) in [5.74, 6) is 0. The highest BCUT2D eigenvalue weighted by atomic mass is 28.3. The fourth-order valence-corrected chi connectivity index (χ4v) is 5.19. The zero-order valence-electron chi connectivity index (χ0n) is 17.9. The van der Waals surface area contributed by atoms with Gasteiger partial charge in [0.1, 0.15) is 11.2 Å². The van der Waals surface area contributed by atoms with Crippen LogP contribution in [0.4, 0.5) is 0 Å². The standard InChI is InChI=1S/C27H25NOSi/c1-18-14-15-28-25(16-18)24-7-5-6-23-22-13-10-20(17-26(22)29-27(23)24)19-8-11-21(12-9-19)30(2,3)4/h5-17H,1-4H3. The van der Waals surface area contributed by atoms with E-state index < -0.39 is 8.07 Å². The molecular weight excluding hydrogens is 382 g/mol. The Morgan fingerprint density at radius 3 is 2.27 bits per heavy atom. The van der Waals surface area contributed by atoms with E-state index in [1.165, 1.54) is 21.9 Å². The number of aromatic nitrogens is 1. The van der Waals surface area contributed by atoms with Gasteiger partial charge in [-0.2, -0.15) is 0 Å². The van der Waals surface area contributed by atoms with Crippen molar-refractivity contribution in [2.75, 3.05) is 0 Å². The SMILES string of the molecule is Cc1ccnc(-c2cccc3c2oc2cc(-c4ccc([Si](C)(C)C)cc4)ccc23)c1. The molecule has 0 atom stereocenters. The average Bonchev–Trinajstić information content (AvgIpc) is 3.11. The van der Waals surface area contributed by atoms with Crippen molar-refractivity contribution in [1.29, 1.82) is 0 Å². The van der Waals surface area contributed by atoms with Crippen LogP contribution in [0.2, 0.25) is 19.6 Å². The van der Waals surface area contributed by atoms with Crippen LogP contribution in [-0.2, 0) is 0 Å². The Morgan fingerprint density at radius 1 is 0.767 bits per heavy atom. The molecule has 0 aliphatic heterocycles. The molecule has 0 saturated carbocycles. The molecule has 0 amide bonds. The summed E-state index contributed by atoms with van der Waals surface area (Å²) >= 11 is 0. The van der Waals surface area contributed by atoms with Crippen LogP contribution in [-0.4, -0.2) is 13.1 Å². The molecule has 0 N–H and O–H groups in total. The van der Waals surface area contributed by atoms with Crippen molar-refractivity contribution in [3.8, 4) is 22.4 Å². The first-order valence-corrected chi connectivity index (χ1v) is 13.9. The summed E-state index contributed by atoms with van der Waals surface area (Å²) in [5, 5.41) is 3.75. The number of aryl methyl sites for hydroxylation is 1. The smallest absolute Gasteiger partial charge is 0.144 e. The third kappa shape index (κ3) is 3.25. The molecule has 3 aromatic carbocycles. The summed E-state index contributed by atoms with van der Waals surface area (Å²) in [4.78, 5) is 4.57. The van der Waals surface area contributed by atoms with Crippen LogP contribution in [0.1, 0.15) is 5.56 Å². The highest BCUT2D eigenvalue weighted by Gasteiger charge is 2.17. The van der Waals surface area contributed by atoms with Gasteiger partial charge in [0, 0.05) is 22.5 Å². The van der Waals surface area contributed by atoms with Gasteiger partial charge in [0.25, 0.3) is 0 Å². The molecule has 3 heteroatoms. The Morgan fingerprint density at radius 2 is 1.53 bits per heavy atom. The molecule has 0 radical (unpaired) electrons. The predicted octanol–water partition coefficient (Wildman–Crippen LogP) is 7.17. The van der Waals surface area contributed by atoms with Crippen LogP contribution >= 0.6 is 0 Å². The molecule has 0 aliphatic rings. The molecule has 2 nitrogen and oxygen atoms in total. The van der Waals surface area contributed by atoms with Crippen molar-refractivity contribution >= 4 is 35.2 Å². The summed E-state index contributed by atoms with van der Waals surface area (Å²) in [7, 11) is -1.29. The lowest BCUT2D eigenvalue weighted by molar-refractivity contribution is 0.670. The number of nitrogens with zero attached hydrogens (tertiary/aromatic N) is 1. The van der Waals surface area contributed by atoms with Gasteiger partial charge in [0.15, 0.2) is 0 Å². The van der Waals surface area contributed by atoms with E-state index in [1.807, 2.05) is 12.3 Å². The minimum Gasteiger partial charge on any atom is -0.455 e. The predicted molar refractivity (Wildman–Crippen MR) is 130 cm³/mol. The van der Waals surface area contributed by atoms with Gasteiger partial charge in [-0.05, 0) is 53.9 Å². The molecule has 0 aliphatic carbocycles. The number of benzene rings is 3. The Kier molecular flexibility index (Phi) is 4.37. The molecule has 0 spiro atoms. The molecule has 2 heterocycles. The maximum atomic E-state index is 6.38. The van der Waals surface area contributed by atoms with Gasteiger partial charge >= 0.3 is 0 Å². The summed E-state index contributed by atoms with van der Waals surface area (Å²) in [6.07, 6.45) is 1.86. The van der Waals surface area contributed by atoms with E-state index in [1.54, 1.807) is 0 Å². The number of rotatable bonds is 3. The van der Waals surface area contributed by atoms with E-state index in [2.05, 4.69) is 98.3 Å². The minimum absolute atomic E-state index is 0.900. The number of fused-ring (bicyclic) bond motifs is 3. The second-order valence-electron chi connectivity index (χ2n) is 9.04. The lowest BCUT2D eigenvalue weighted by Gasteiger charge is -2.16. The van der Waals surface area contributed by atoms with Crippen LogP contribution in [0.3, 0.4) is 0 Å². The van der Waals surface area contributed by atoms with E-state index in [4.69, 9.17) is 4.42 Å². The maximum Gasteiger partial charge on any atom is 0.144 e. The molecule has 0 unspecified atom stereocenters. The molecular formula is C27H25NOSi. The van der Waals surface area contributed by atoms with Crippen molar-refractivity contribution in [3.63, 3.8) is 0 Å². The van der Waals surface area contributed by atoms with Crippen molar-refractivity contribution in [2.45, 2.75) is 26.6 Å². The zero-order chi connectivity index (χ0) is 20.9. The number of hydrogen-bond acceptors (Lipinski definition) is 2. The van der Waals surface area contributed by atoms with Gasteiger partial charge in [-0.15, -0.1) is 0 Å². The van der Waals surface area contributed by atoms with Gasteiger partial charge in [-0.1, -0.05) is 67.3 Å². The minimum atomic E-state index is -1.29. The molecule has 2 aromatic heterocycles. The Bertz CT molecular complexity index is 1370. The Balaban J connectivity index is 1.63. The molecule has 0 bridgehead atoms. The van der Waals surface area contributed by atoms with Crippen molar-refractivity contribution < 1.29 is 4.42 Å². The molecule has 0 fully saturated rings. The topological polar surface area (TPSA) is 26.0 Å². The van der Waals surface area contributed by atoms with Crippen molar-refractivity contribution in [3.05, 3.63) is 84.6 Å². The first-order chi connectivity index (χ1) is 14.4. The van der Waals surface area contributed by atoms with Gasteiger partial charge in [-0.25, -0.2) is 0 Å². The van der Waals surface area contributed by atoms with Gasteiger partial charge in [0.05, 0.1) is 13.8 Å². The third-order valence-corrected chi connectivity index (χ3v) is 7.84. The molecule has 148 valence electrons. The number of para-hydroxylation sites is 1. The highest BCUT2D eigenvalue weighted by Crippen LogP contribution is 2.36. The quantitative estimate of drug-likeness (QED) is 0.296. The summed E-state index contributed by atoms with van der Waals surface area (Å²) in [6, 6.07) is 26.0. The largest absolute Gasteiger partial charge is 0.455 e. The second kappa shape index (κ2) is 6.96. The van der Waals surface area contributed by atoms with E-state index in [0.717, 1.165) is 33.2 Å². The van der Waals surface area contributed by atoms with Crippen molar-refractivity contribution in [1.82, 2.24) is 4.98 Å². The summed E-state index contributed by atoms with van der Waals surface area (Å²) in [6.45, 7) is 9.22. The Hall–Kier alpha value is -3.17. The normalized spacial score (nSPS) is 12.0. The number of pyridine rings is 1. The fourth-order valence-electron chi connectivity index (χ4n) is 4.03. The van der Waals surface area contributed by atoms with Crippen LogP contribution in [0.5, 0.6) is 0 Å². The number of hydrogen-bond donors (Lipinski definition) is 0. The maximum absolute atomic E-state index is 6.38. The third-order valence-electron chi connectivity index (χ3n) is 5.77. The van der Waals surface area contributed by atoms with Crippen LogP contribution in [0.25, 0.3) is 44.3 Å². The highest BCUT2D eigenvalue weighted by molar-refractivity contribution is 6.88. The molecule has 5 rings (SSSR count). The molecule has 30 heavy (non-hydrogen) atoms.